The van der Waals surface area contributed by atoms with E-state index in [4.69, 9.17) is 0 Å². The van der Waals surface area contributed by atoms with Crippen LogP contribution < -0.4 is 10.6 Å². The summed E-state index contributed by atoms with van der Waals surface area (Å²) in [6.45, 7) is 6.25. The second kappa shape index (κ2) is 10.4. The average molecular weight is 446 g/mol. The number of rotatable bonds is 6. The van der Waals surface area contributed by atoms with Crippen molar-refractivity contribution in [2.75, 3.05) is 13.1 Å². The number of phenols is 1. The van der Waals surface area contributed by atoms with E-state index in [9.17, 15) is 5.11 Å². The summed E-state index contributed by atoms with van der Waals surface area (Å²) in [6.07, 6.45) is 0.883. The van der Waals surface area contributed by atoms with Crippen LogP contribution in [0.1, 0.15) is 23.2 Å². The lowest BCUT2D eigenvalue weighted by Gasteiger charge is -2.10. The van der Waals surface area contributed by atoms with Crippen LogP contribution in [0.3, 0.4) is 0 Å². The molecule has 0 atom stereocenters. The Morgan fingerprint density at radius 1 is 1.26 bits per heavy atom. The van der Waals surface area contributed by atoms with Crippen LogP contribution in [0.4, 0.5) is 0 Å². The van der Waals surface area contributed by atoms with Gasteiger partial charge in [-0.25, -0.2) is 9.98 Å². The third-order valence-electron chi connectivity index (χ3n) is 3.04. The molecule has 0 spiro atoms. The maximum absolute atomic E-state index is 9.28. The molecule has 2 rings (SSSR count). The van der Waals surface area contributed by atoms with Crippen molar-refractivity contribution < 1.29 is 5.11 Å². The quantitative estimate of drug-likeness (QED) is 0.363. The second-order valence-electron chi connectivity index (χ2n) is 4.90. The number of aliphatic imine (C=N–C) groups is 1. The fourth-order valence-corrected chi connectivity index (χ4v) is 2.59. The van der Waals surface area contributed by atoms with E-state index in [1.54, 1.807) is 23.5 Å². The van der Waals surface area contributed by atoms with Gasteiger partial charge in [0.2, 0.25) is 0 Å². The zero-order valence-corrected chi connectivity index (χ0v) is 16.5. The van der Waals surface area contributed by atoms with E-state index in [-0.39, 0.29) is 29.7 Å². The van der Waals surface area contributed by atoms with Crippen molar-refractivity contribution in [3.05, 3.63) is 45.9 Å². The number of aromatic hydroxyl groups is 1. The number of nitrogens with one attached hydrogen (secondary N) is 2. The van der Waals surface area contributed by atoms with Crippen molar-refractivity contribution in [2.45, 2.75) is 26.8 Å². The lowest BCUT2D eigenvalue weighted by molar-refractivity contribution is 0.475. The second-order valence-corrected chi connectivity index (χ2v) is 5.96. The Kier molecular flexibility index (Phi) is 8.93. The zero-order chi connectivity index (χ0) is 15.8. The van der Waals surface area contributed by atoms with E-state index in [1.165, 1.54) is 0 Å². The van der Waals surface area contributed by atoms with Crippen LogP contribution in [0.15, 0.2) is 34.6 Å². The number of hydrogen-bond acceptors (Lipinski definition) is 4. The standard InChI is InChI=1S/C16H22N4OS.HI/c1-3-17-16(18-9-8-14-11-22-12(2)20-14)19-10-13-4-6-15(21)7-5-13;/h4-7,11,21H,3,8-10H2,1-2H3,(H2,17,18,19);1H. The third-order valence-corrected chi connectivity index (χ3v) is 3.86. The predicted molar refractivity (Wildman–Crippen MR) is 107 cm³/mol. The molecule has 23 heavy (non-hydrogen) atoms. The van der Waals surface area contributed by atoms with Gasteiger partial charge >= 0.3 is 0 Å². The first-order valence-corrected chi connectivity index (χ1v) is 8.26. The maximum atomic E-state index is 9.28. The molecule has 7 heteroatoms. The monoisotopic (exact) mass is 446 g/mol. The van der Waals surface area contributed by atoms with Gasteiger partial charge in [0.1, 0.15) is 5.75 Å². The van der Waals surface area contributed by atoms with E-state index >= 15 is 0 Å². The summed E-state index contributed by atoms with van der Waals surface area (Å²) < 4.78 is 0. The Hall–Kier alpha value is -1.35. The molecule has 0 fully saturated rings. The van der Waals surface area contributed by atoms with Gasteiger partial charge in [0, 0.05) is 24.9 Å². The molecule has 0 amide bonds. The number of guanidine groups is 1. The molecule has 1 aromatic heterocycles. The summed E-state index contributed by atoms with van der Waals surface area (Å²) in [7, 11) is 0. The highest BCUT2D eigenvalue weighted by Crippen LogP contribution is 2.10. The SMILES string of the molecule is CCNC(=NCc1ccc(O)cc1)NCCc1csc(C)n1.I. The molecule has 0 aliphatic heterocycles. The molecule has 0 radical (unpaired) electrons. The highest BCUT2D eigenvalue weighted by molar-refractivity contribution is 14.0. The van der Waals surface area contributed by atoms with Gasteiger partial charge in [0.05, 0.1) is 17.2 Å². The van der Waals surface area contributed by atoms with Gasteiger partial charge in [-0.05, 0) is 31.5 Å². The van der Waals surface area contributed by atoms with Crippen molar-refractivity contribution in [3.63, 3.8) is 0 Å². The molecule has 1 aromatic carbocycles. The lowest BCUT2D eigenvalue weighted by atomic mass is 10.2. The van der Waals surface area contributed by atoms with Crippen molar-refractivity contribution in [3.8, 4) is 5.75 Å². The van der Waals surface area contributed by atoms with Crippen LogP contribution in [-0.4, -0.2) is 29.1 Å². The minimum absolute atomic E-state index is 0. The van der Waals surface area contributed by atoms with Gasteiger partial charge in [0.15, 0.2) is 5.96 Å². The van der Waals surface area contributed by atoms with Gasteiger partial charge in [-0.1, -0.05) is 12.1 Å². The Morgan fingerprint density at radius 3 is 2.61 bits per heavy atom. The van der Waals surface area contributed by atoms with E-state index < -0.39 is 0 Å². The smallest absolute Gasteiger partial charge is 0.191 e. The number of thiazole rings is 1. The van der Waals surface area contributed by atoms with Crippen molar-refractivity contribution in [1.82, 2.24) is 15.6 Å². The van der Waals surface area contributed by atoms with Crippen LogP contribution in [0.25, 0.3) is 0 Å². The highest BCUT2D eigenvalue weighted by atomic mass is 127. The van der Waals surface area contributed by atoms with Gasteiger partial charge in [-0.2, -0.15) is 0 Å². The molecule has 1 heterocycles. The summed E-state index contributed by atoms with van der Waals surface area (Å²) in [5.41, 5.74) is 2.18. The molecule has 0 unspecified atom stereocenters. The zero-order valence-electron chi connectivity index (χ0n) is 13.4. The van der Waals surface area contributed by atoms with Gasteiger partial charge in [-0.3, -0.25) is 0 Å². The van der Waals surface area contributed by atoms with Crippen molar-refractivity contribution in [2.24, 2.45) is 4.99 Å². The predicted octanol–water partition coefficient (Wildman–Crippen LogP) is 3.07. The van der Waals surface area contributed by atoms with Gasteiger partial charge < -0.3 is 15.7 Å². The molecular weight excluding hydrogens is 423 g/mol. The van der Waals surface area contributed by atoms with E-state index in [0.29, 0.717) is 6.54 Å². The lowest BCUT2D eigenvalue weighted by Crippen LogP contribution is -2.38. The molecule has 126 valence electrons. The van der Waals surface area contributed by atoms with Crippen molar-refractivity contribution >= 4 is 41.3 Å². The summed E-state index contributed by atoms with van der Waals surface area (Å²) in [6, 6.07) is 7.10. The topological polar surface area (TPSA) is 69.5 Å². The number of benzene rings is 1. The van der Waals surface area contributed by atoms with Crippen LogP contribution in [0.2, 0.25) is 0 Å². The molecule has 2 aromatic rings. The number of phenolic OH excluding ortho intramolecular Hbond substituents is 1. The summed E-state index contributed by atoms with van der Waals surface area (Å²) in [5.74, 6) is 1.07. The van der Waals surface area contributed by atoms with Crippen LogP contribution in [0, 0.1) is 6.92 Å². The highest BCUT2D eigenvalue weighted by Gasteiger charge is 2.01. The van der Waals surface area contributed by atoms with E-state index in [1.807, 2.05) is 26.0 Å². The fourth-order valence-electron chi connectivity index (χ4n) is 1.95. The molecule has 0 bridgehead atoms. The number of nitrogens with zero attached hydrogens (tertiary/aromatic N) is 2. The largest absolute Gasteiger partial charge is 0.508 e. The molecular formula is C16H23IN4OS. The van der Waals surface area contributed by atoms with Gasteiger partial charge in [0.25, 0.3) is 0 Å². The van der Waals surface area contributed by atoms with Crippen molar-refractivity contribution in [1.29, 1.82) is 0 Å². The minimum Gasteiger partial charge on any atom is -0.508 e. The Labute approximate surface area is 158 Å². The normalized spacial score (nSPS) is 11.0. The molecule has 0 saturated heterocycles. The third kappa shape index (κ3) is 7.17. The van der Waals surface area contributed by atoms with E-state index in [2.05, 4.69) is 26.0 Å². The first kappa shape index (κ1) is 19.7. The summed E-state index contributed by atoms with van der Waals surface area (Å²) >= 11 is 1.68. The molecule has 3 N–H and O–H groups in total. The maximum Gasteiger partial charge on any atom is 0.191 e. The number of aromatic nitrogens is 1. The molecule has 0 aliphatic carbocycles. The van der Waals surface area contributed by atoms with Crippen LogP contribution in [0.5, 0.6) is 5.75 Å². The molecule has 5 nitrogen and oxygen atoms in total. The van der Waals surface area contributed by atoms with Crippen LogP contribution in [-0.2, 0) is 13.0 Å². The summed E-state index contributed by atoms with van der Waals surface area (Å²) in [4.78, 5) is 8.99. The summed E-state index contributed by atoms with van der Waals surface area (Å²) in [5, 5.41) is 19.0. The number of halogens is 1. The minimum atomic E-state index is 0. The van der Waals surface area contributed by atoms with Crippen LogP contribution >= 0.6 is 35.3 Å². The van der Waals surface area contributed by atoms with Gasteiger partial charge in [-0.15, -0.1) is 35.3 Å². The fraction of sp³-hybridized carbons (Fsp3) is 0.375. The first-order valence-electron chi connectivity index (χ1n) is 7.38. The molecule has 0 aliphatic rings. The molecule has 0 saturated carbocycles. The Balaban J connectivity index is 0.00000264. The Morgan fingerprint density at radius 2 is 2.00 bits per heavy atom. The average Bonchev–Trinajstić information content (AvgIpc) is 2.92. The first-order chi connectivity index (χ1) is 10.7. The number of aryl methyl sites for hydroxylation is 1. The number of hydrogen-bond donors (Lipinski definition) is 3. The van der Waals surface area contributed by atoms with E-state index in [0.717, 1.165) is 41.7 Å². The Bertz CT molecular complexity index is 613.